The molecule has 8 heteroatoms. The number of benzene rings is 1. The topological polar surface area (TPSA) is 53.3 Å². The molecule has 1 aliphatic rings. The normalized spacial score (nSPS) is 23.7. The van der Waals surface area contributed by atoms with Crippen LogP contribution in [0.5, 0.6) is 0 Å². The molecule has 2 rings (SSSR count). The van der Waals surface area contributed by atoms with Crippen LogP contribution in [0.1, 0.15) is 36.7 Å². The molecule has 24 heavy (non-hydrogen) atoms. The van der Waals surface area contributed by atoms with Crippen LogP contribution in [-0.2, 0) is 4.74 Å². The van der Waals surface area contributed by atoms with Crippen molar-refractivity contribution in [2.24, 2.45) is 0 Å². The standard InChI is InChI=1S/C16H16F4N2O2/c1-14(2)8-22(9-15(3,24-14)16(18,19)20)13(23)10-4-5-12(17)11(6-10)7-21/h4-6H,8-9H2,1-3H3. The summed E-state index contributed by atoms with van der Waals surface area (Å²) in [6, 6.07) is 4.72. The van der Waals surface area contributed by atoms with Crippen LogP contribution >= 0.6 is 0 Å². The molecule has 4 nitrogen and oxygen atoms in total. The minimum absolute atomic E-state index is 0.0461. The van der Waals surface area contributed by atoms with E-state index in [0.29, 0.717) is 0 Å². The lowest BCUT2D eigenvalue weighted by Crippen LogP contribution is -2.65. The predicted octanol–water partition coefficient (Wildman–Crippen LogP) is 3.27. The van der Waals surface area contributed by atoms with Crippen LogP contribution in [-0.4, -0.2) is 41.3 Å². The number of ether oxygens (including phenoxy) is 1. The maximum absolute atomic E-state index is 13.4. The lowest BCUT2D eigenvalue weighted by molar-refractivity contribution is -0.318. The zero-order valence-corrected chi connectivity index (χ0v) is 13.4. The van der Waals surface area contributed by atoms with E-state index < -0.39 is 35.6 Å². The molecule has 1 atom stereocenters. The minimum Gasteiger partial charge on any atom is -0.356 e. The predicted molar refractivity (Wildman–Crippen MR) is 76.6 cm³/mol. The van der Waals surface area contributed by atoms with Gasteiger partial charge in [-0.1, -0.05) is 0 Å². The maximum atomic E-state index is 13.4. The molecule has 0 bridgehead atoms. The van der Waals surface area contributed by atoms with E-state index in [2.05, 4.69) is 0 Å². The van der Waals surface area contributed by atoms with Crippen LogP contribution in [0.2, 0.25) is 0 Å². The van der Waals surface area contributed by atoms with Gasteiger partial charge < -0.3 is 9.64 Å². The Balaban J connectivity index is 2.37. The molecule has 130 valence electrons. The van der Waals surface area contributed by atoms with Crippen molar-refractivity contribution >= 4 is 5.91 Å². The van der Waals surface area contributed by atoms with Gasteiger partial charge in [0.2, 0.25) is 0 Å². The summed E-state index contributed by atoms with van der Waals surface area (Å²) in [6.07, 6.45) is -4.66. The summed E-state index contributed by atoms with van der Waals surface area (Å²) in [5.74, 6) is -1.50. The molecule has 0 N–H and O–H groups in total. The summed E-state index contributed by atoms with van der Waals surface area (Å²) in [6.45, 7) is 3.07. The van der Waals surface area contributed by atoms with Gasteiger partial charge in [0, 0.05) is 12.1 Å². The van der Waals surface area contributed by atoms with Gasteiger partial charge in [0.15, 0.2) is 5.60 Å². The summed E-state index contributed by atoms with van der Waals surface area (Å²) in [4.78, 5) is 13.6. The third-order valence-corrected chi connectivity index (χ3v) is 3.79. The number of rotatable bonds is 1. The number of alkyl halides is 3. The van der Waals surface area contributed by atoms with Crippen molar-refractivity contribution in [3.63, 3.8) is 0 Å². The molecular weight excluding hydrogens is 328 g/mol. The Morgan fingerprint density at radius 1 is 1.29 bits per heavy atom. The van der Waals surface area contributed by atoms with E-state index in [0.717, 1.165) is 30.0 Å². The Hall–Kier alpha value is -2.14. The molecule has 1 aliphatic heterocycles. The second kappa shape index (κ2) is 5.74. The molecule has 1 aromatic rings. The average molecular weight is 344 g/mol. The number of hydrogen-bond donors (Lipinski definition) is 0. The van der Waals surface area contributed by atoms with Crippen molar-refractivity contribution in [2.75, 3.05) is 13.1 Å². The molecule has 0 spiro atoms. The summed E-state index contributed by atoms with van der Waals surface area (Å²) in [5, 5.41) is 8.82. The highest BCUT2D eigenvalue weighted by Crippen LogP contribution is 2.40. The van der Waals surface area contributed by atoms with E-state index in [4.69, 9.17) is 10.00 Å². The first-order chi connectivity index (χ1) is 10.9. The van der Waals surface area contributed by atoms with E-state index in [1.807, 2.05) is 0 Å². The van der Waals surface area contributed by atoms with Crippen molar-refractivity contribution in [2.45, 2.75) is 38.1 Å². The van der Waals surface area contributed by atoms with Gasteiger partial charge in [-0.05, 0) is 39.0 Å². The minimum atomic E-state index is -4.66. The summed E-state index contributed by atoms with van der Waals surface area (Å²) in [7, 11) is 0. The van der Waals surface area contributed by atoms with Crippen molar-refractivity contribution < 1.29 is 27.1 Å². The first-order valence-corrected chi connectivity index (χ1v) is 7.14. The van der Waals surface area contributed by atoms with E-state index >= 15 is 0 Å². The number of carbonyl (C=O) groups excluding carboxylic acids is 1. The van der Waals surface area contributed by atoms with Crippen LogP contribution in [0.15, 0.2) is 18.2 Å². The van der Waals surface area contributed by atoms with Gasteiger partial charge in [0.25, 0.3) is 5.91 Å². The van der Waals surface area contributed by atoms with E-state index in [9.17, 15) is 22.4 Å². The molecule has 0 radical (unpaired) electrons. The van der Waals surface area contributed by atoms with Crippen molar-refractivity contribution in [3.8, 4) is 6.07 Å². The lowest BCUT2D eigenvalue weighted by Gasteiger charge is -2.48. The van der Waals surface area contributed by atoms with E-state index in [1.165, 1.54) is 13.8 Å². The van der Waals surface area contributed by atoms with E-state index in [1.54, 1.807) is 6.07 Å². The summed E-state index contributed by atoms with van der Waals surface area (Å²) in [5.41, 5.74) is -4.11. The molecule has 0 aromatic heterocycles. The van der Waals surface area contributed by atoms with Gasteiger partial charge in [0.05, 0.1) is 17.7 Å². The largest absolute Gasteiger partial charge is 0.418 e. The summed E-state index contributed by atoms with van der Waals surface area (Å²) >= 11 is 0. The van der Waals surface area contributed by atoms with Crippen LogP contribution in [0.3, 0.4) is 0 Å². The fraction of sp³-hybridized carbons (Fsp3) is 0.500. The highest BCUT2D eigenvalue weighted by Gasteiger charge is 2.58. The molecular formula is C16H16F4N2O2. The maximum Gasteiger partial charge on any atom is 0.418 e. The van der Waals surface area contributed by atoms with Crippen molar-refractivity contribution in [1.29, 1.82) is 5.26 Å². The fourth-order valence-electron chi connectivity index (χ4n) is 2.77. The second-order valence-electron chi connectivity index (χ2n) is 6.56. The number of halogens is 4. The molecule has 0 saturated carbocycles. The fourth-order valence-corrected chi connectivity index (χ4v) is 2.77. The smallest absolute Gasteiger partial charge is 0.356 e. The molecule has 0 aliphatic carbocycles. The molecule has 1 heterocycles. The molecule has 1 fully saturated rings. The zero-order chi connectivity index (χ0) is 18.3. The van der Waals surface area contributed by atoms with Gasteiger partial charge in [-0.15, -0.1) is 0 Å². The monoisotopic (exact) mass is 344 g/mol. The Morgan fingerprint density at radius 3 is 2.46 bits per heavy atom. The number of amides is 1. The molecule has 1 aromatic carbocycles. The van der Waals surface area contributed by atoms with Crippen molar-refractivity contribution in [3.05, 3.63) is 35.1 Å². The van der Waals surface area contributed by atoms with Gasteiger partial charge in [-0.2, -0.15) is 18.4 Å². The first kappa shape index (κ1) is 18.2. The number of morpholine rings is 1. The summed E-state index contributed by atoms with van der Waals surface area (Å²) < 4.78 is 58.5. The Morgan fingerprint density at radius 2 is 1.92 bits per heavy atom. The first-order valence-electron chi connectivity index (χ1n) is 7.14. The number of hydrogen-bond acceptors (Lipinski definition) is 3. The number of nitrogens with zero attached hydrogens (tertiary/aromatic N) is 2. The third-order valence-electron chi connectivity index (χ3n) is 3.79. The van der Waals surface area contributed by atoms with Gasteiger partial charge in [-0.3, -0.25) is 4.79 Å². The highest BCUT2D eigenvalue weighted by atomic mass is 19.4. The van der Waals surface area contributed by atoms with Gasteiger partial charge in [0.1, 0.15) is 11.9 Å². The van der Waals surface area contributed by atoms with Crippen molar-refractivity contribution in [1.82, 2.24) is 4.90 Å². The zero-order valence-electron chi connectivity index (χ0n) is 13.4. The van der Waals surface area contributed by atoms with E-state index in [-0.39, 0.29) is 17.7 Å². The SMILES string of the molecule is CC1(C)CN(C(=O)c2ccc(F)c(C#N)c2)CC(C)(C(F)(F)F)O1. The third kappa shape index (κ3) is 3.36. The van der Waals surface area contributed by atoms with Crippen LogP contribution < -0.4 is 0 Å². The second-order valence-corrected chi connectivity index (χ2v) is 6.56. The quantitative estimate of drug-likeness (QED) is 0.735. The molecule has 1 saturated heterocycles. The Kier molecular flexibility index (Phi) is 4.35. The Bertz CT molecular complexity index is 709. The Labute approximate surface area is 136 Å². The average Bonchev–Trinajstić information content (AvgIpc) is 2.44. The van der Waals surface area contributed by atoms with Gasteiger partial charge >= 0.3 is 6.18 Å². The van der Waals surface area contributed by atoms with Crippen LogP contribution in [0.4, 0.5) is 17.6 Å². The number of carbonyl (C=O) groups is 1. The number of nitriles is 1. The highest BCUT2D eigenvalue weighted by molar-refractivity contribution is 5.94. The lowest BCUT2D eigenvalue weighted by atomic mass is 9.96. The molecule has 1 unspecified atom stereocenters. The van der Waals surface area contributed by atoms with Gasteiger partial charge in [-0.25, -0.2) is 4.39 Å². The van der Waals surface area contributed by atoms with Crippen LogP contribution in [0, 0.1) is 17.1 Å². The molecule has 1 amide bonds. The van der Waals surface area contributed by atoms with Crippen LogP contribution in [0.25, 0.3) is 0 Å².